The molecule has 0 saturated carbocycles. The summed E-state index contributed by atoms with van der Waals surface area (Å²) in [5.74, 6) is -0.102. The third-order valence-corrected chi connectivity index (χ3v) is 4.56. The van der Waals surface area contributed by atoms with Gasteiger partial charge in [0.1, 0.15) is 5.82 Å². The first-order valence-corrected chi connectivity index (χ1v) is 7.56. The second-order valence-corrected chi connectivity index (χ2v) is 5.74. The van der Waals surface area contributed by atoms with Crippen LogP contribution in [0.5, 0.6) is 0 Å². The fourth-order valence-corrected chi connectivity index (χ4v) is 3.29. The van der Waals surface area contributed by atoms with E-state index in [1.54, 1.807) is 12.1 Å². The van der Waals surface area contributed by atoms with Crippen LogP contribution in [0, 0.1) is 5.82 Å². The van der Waals surface area contributed by atoms with Crippen LogP contribution in [0.25, 0.3) is 0 Å². The first-order valence-electron chi connectivity index (χ1n) is 7.56. The lowest BCUT2D eigenvalue weighted by Gasteiger charge is -2.41. The Morgan fingerprint density at radius 1 is 1.14 bits per heavy atom. The summed E-state index contributed by atoms with van der Waals surface area (Å²) in [6, 6.07) is 6.39. The Labute approximate surface area is 136 Å². The maximum Gasteiger partial charge on any atom is 0.233 e. The lowest BCUT2D eigenvalue weighted by atomic mass is 9.73. The quantitative estimate of drug-likeness (QED) is 0.899. The largest absolute Gasteiger partial charge is 0.381 e. The minimum Gasteiger partial charge on any atom is -0.381 e. The minimum atomic E-state index is -0.552. The van der Waals surface area contributed by atoms with E-state index in [-0.39, 0.29) is 24.1 Å². The first kappa shape index (κ1) is 17.2. The highest BCUT2D eigenvalue weighted by Gasteiger charge is 2.44. The number of carbonyl (C=O) groups is 1. The van der Waals surface area contributed by atoms with Gasteiger partial charge in [-0.15, -0.1) is 12.4 Å². The Bertz CT molecular complexity index is 497. The Kier molecular flexibility index (Phi) is 5.78. The zero-order valence-corrected chi connectivity index (χ0v) is 13.3. The van der Waals surface area contributed by atoms with Crippen molar-refractivity contribution in [3.8, 4) is 0 Å². The van der Waals surface area contributed by atoms with E-state index < -0.39 is 5.41 Å². The Morgan fingerprint density at radius 3 is 2.32 bits per heavy atom. The molecule has 2 heterocycles. The monoisotopic (exact) mass is 328 g/mol. The van der Waals surface area contributed by atoms with Gasteiger partial charge in [-0.1, -0.05) is 12.1 Å². The molecule has 1 N–H and O–H groups in total. The molecule has 0 spiro atoms. The predicted molar refractivity (Wildman–Crippen MR) is 84.8 cm³/mol. The van der Waals surface area contributed by atoms with Gasteiger partial charge in [-0.2, -0.15) is 0 Å². The molecule has 0 aromatic heterocycles. The lowest BCUT2D eigenvalue weighted by molar-refractivity contribution is -0.142. The van der Waals surface area contributed by atoms with Crippen molar-refractivity contribution in [1.29, 1.82) is 0 Å². The average Bonchev–Trinajstić information content (AvgIpc) is 2.56. The molecule has 2 aliphatic heterocycles. The number of hydrogen-bond donors (Lipinski definition) is 1. The van der Waals surface area contributed by atoms with Crippen molar-refractivity contribution in [2.24, 2.45) is 0 Å². The number of rotatable bonds is 2. The summed E-state index contributed by atoms with van der Waals surface area (Å²) in [6.07, 6.45) is 1.34. The molecule has 1 aromatic rings. The van der Waals surface area contributed by atoms with Crippen molar-refractivity contribution in [2.45, 2.75) is 18.3 Å². The molecule has 0 bridgehead atoms. The van der Waals surface area contributed by atoms with Crippen LogP contribution in [0.15, 0.2) is 24.3 Å². The Hall–Kier alpha value is -1.17. The Balaban J connectivity index is 0.00000176. The molecule has 0 unspecified atom stereocenters. The lowest BCUT2D eigenvalue weighted by Crippen LogP contribution is -2.55. The number of carbonyl (C=O) groups excluding carboxylic acids is 1. The topological polar surface area (TPSA) is 41.6 Å². The molecular weight excluding hydrogens is 307 g/mol. The van der Waals surface area contributed by atoms with E-state index in [0.717, 1.165) is 31.7 Å². The van der Waals surface area contributed by atoms with E-state index in [2.05, 4.69) is 5.32 Å². The number of ether oxygens (including phenoxy) is 1. The summed E-state index contributed by atoms with van der Waals surface area (Å²) in [6.45, 7) is 4.30. The van der Waals surface area contributed by atoms with Gasteiger partial charge in [0.05, 0.1) is 5.41 Å². The van der Waals surface area contributed by atoms with Crippen molar-refractivity contribution < 1.29 is 13.9 Å². The van der Waals surface area contributed by atoms with E-state index in [9.17, 15) is 9.18 Å². The van der Waals surface area contributed by atoms with E-state index >= 15 is 0 Å². The van der Waals surface area contributed by atoms with Gasteiger partial charge in [0.25, 0.3) is 0 Å². The smallest absolute Gasteiger partial charge is 0.233 e. The molecule has 22 heavy (non-hydrogen) atoms. The van der Waals surface area contributed by atoms with Gasteiger partial charge < -0.3 is 15.0 Å². The molecule has 6 heteroatoms. The van der Waals surface area contributed by atoms with Crippen molar-refractivity contribution >= 4 is 18.3 Å². The van der Waals surface area contributed by atoms with Gasteiger partial charge in [-0.05, 0) is 30.5 Å². The molecule has 0 radical (unpaired) electrons. The zero-order valence-electron chi connectivity index (χ0n) is 12.5. The molecule has 1 aromatic carbocycles. The molecule has 122 valence electrons. The van der Waals surface area contributed by atoms with Crippen molar-refractivity contribution in [3.05, 3.63) is 35.6 Å². The average molecular weight is 329 g/mol. The summed E-state index contributed by atoms with van der Waals surface area (Å²) in [5.41, 5.74) is 0.360. The molecule has 2 saturated heterocycles. The third-order valence-electron chi connectivity index (χ3n) is 4.56. The SMILES string of the molecule is Cl.O=C(N1CCNCC1)C1(c2ccc(F)cc2)CCOCC1. The fourth-order valence-electron chi connectivity index (χ4n) is 3.29. The van der Waals surface area contributed by atoms with Crippen LogP contribution in [-0.4, -0.2) is 50.2 Å². The highest BCUT2D eigenvalue weighted by Crippen LogP contribution is 2.37. The van der Waals surface area contributed by atoms with Crippen LogP contribution in [0.4, 0.5) is 4.39 Å². The Morgan fingerprint density at radius 2 is 1.73 bits per heavy atom. The van der Waals surface area contributed by atoms with Crippen LogP contribution in [0.2, 0.25) is 0 Å². The maximum atomic E-state index is 13.2. The van der Waals surface area contributed by atoms with Gasteiger partial charge in [-0.3, -0.25) is 4.79 Å². The number of nitrogens with zero attached hydrogens (tertiary/aromatic N) is 1. The standard InChI is InChI=1S/C16H21FN2O2.ClH/c17-14-3-1-13(2-4-14)16(5-11-21-12-6-16)15(20)19-9-7-18-8-10-19;/h1-4,18H,5-12H2;1H. The van der Waals surface area contributed by atoms with Gasteiger partial charge in [-0.25, -0.2) is 4.39 Å². The molecule has 0 atom stereocenters. The van der Waals surface area contributed by atoms with Crippen molar-refractivity contribution in [3.63, 3.8) is 0 Å². The number of benzene rings is 1. The van der Waals surface area contributed by atoms with Crippen LogP contribution in [0.3, 0.4) is 0 Å². The van der Waals surface area contributed by atoms with Crippen molar-refractivity contribution in [2.75, 3.05) is 39.4 Å². The van der Waals surface area contributed by atoms with Gasteiger partial charge >= 0.3 is 0 Å². The summed E-state index contributed by atoms with van der Waals surface area (Å²) >= 11 is 0. The van der Waals surface area contributed by atoms with E-state index in [0.29, 0.717) is 26.1 Å². The third kappa shape index (κ3) is 3.26. The number of nitrogens with one attached hydrogen (secondary N) is 1. The molecular formula is C16H22ClFN2O2. The van der Waals surface area contributed by atoms with Crippen LogP contribution in [-0.2, 0) is 14.9 Å². The molecule has 0 aliphatic carbocycles. The normalized spacial score (nSPS) is 21.0. The van der Waals surface area contributed by atoms with E-state index in [1.165, 1.54) is 12.1 Å². The summed E-state index contributed by atoms with van der Waals surface area (Å²) < 4.78 is 18.7. The van der Waals surface area contributed by atoms with Crippen LogP contribution < -0.4 is 5.32 Å². The van der Waals surface area contributed by atoms with Gasteiger partial charge in [0.2, 0.25) is 5.91 Å². The number of piperazine rings is 1. The fraction of sp³-hybridized carbons (Fsp3) is 0.562. The summed E-state index contributed by atoms with van der Waals surface area (Å²) in [4.78, 5) is 15.0. The second-order valence-electron chi connectivity index (χ2n) is 5.74. The van der Waals surface area contributed by atoms with Crippen LogP contribution >= 0.6 is 12.4 Å². The molecule has 1 amide bonds. The minimum absolute atomic E-state index is 0. The summed E-state index contributed by atoms with van der Waals surface area (Å²) in [5, 5.41) is 3.26. The highest BCUT2D eigenvalue weighted by molar-refractivity contribution is 5.88. The first-order chi connectivity index (χ1) is 10.2. The van der Waals surface area contributed by atoms with Gasteiger partial charge in [0, 0.05) is 39.4 Å². The zero-order chi connectivity index (χ0) is 14.7. The van der Waals surface area contributed by atoms with Crippen LogP contribution in [0.1, 0.15) is 18.4 Å². The number of amides is 1. The van der Waals surface area contributed by atoms with E-state index in [1.807, 2.05) is 4.90 Å². The predicted octanol–water partition coefficient (Wildman–Crippen LogP) is 1.73. The number of hydrogen-bond acceptors (Lipinski definition) is 3. The molecule has 3 rings (SSSR count). The molecule has 2 fully saturated rings. The highest BCUT2D eigenvalue weighted by atomic mass is 35.5. The van der Waals surface area contributed by atoms with Gasteiger partial charge in [0.15, 0.2) is 0 Å². The molecule has 4 nitrogen and oxygen atoms in total. The van der Waals surface area contributed by atoms with Crippen molar-refractivity contribution in [1.82, 2.24) is 10.2 Å². The van der Waals surface area contributed by atoms with E-state index in [4.69, 9.17) is 4.74 Å². The maximum absolute atomic E-state index is 13.2. The summed E-state index contributed by atoms with van der Waals surface area (Å²) in [7, 11) is 0. The molecule has 2 aliphatic rings. The number of halogens is 2. The second kappa shape index (κ2) is 7.40.